The third-order valence-corrected chi connectivity index (χ3v) is 5.85. The van der Waals surface area contributed by atoms with Gasteiger partial charge in [0.15, 0.2) is 0 Å². The van der Waals surface area contributed by atoms with Crippen LogP contribution in [0.4, 0.5) is 5.69 Å². The highest BCUT2D eigenvalue weighted by atomic mass is 16.5. The minimum absolute atomic E-state index is 0.648. The lowest BCUT2D eigenvalue weighted by Crippen LogP contribution is -2.37. The van der Waals surface area contributed by atoms with Crippen LogP contribution in [-0.2, 0) is 6.42 Å². The van der Waals surface area contributed by atoms with E-state index in [-0.39, 0.29) is 0 Å². The van der Waals surface area contributed by atoms with Gasteiger partial charge in [-0.25, -0.2) is 0 Å². The lowest BCUT2D eigenvalue weighted by molar-refractivity contribution is 0.261. The molecule has 4 atom stereocenters. The van der Waals surface area contributed by atoms with Crippen LogP contribution in [0.2, 0.25) is 0 Å². The molecule has 0 heterocycles. The summed E-state index contributed by atoms with van der Waals surface area (Å²) in [5, 5.41) is 3.75. The van der Waals surface area contributed by atoms with Gasteiger partial charge in [0.1, 0.15) is 5.75 Å². The molecule has 3 nitrogen and oxygen atoms in total. The first kappa shape index (κ1) is 16.6. The molecule has 1 aromatic carbocycles. The summed E-state index contributed by atoms with van der Waals surface area (Å²) in [6.07, 6.45) is 7.94. The zero-order valence-corrected chi connectivity index (χ0v) is 14.7. The van der Waals surface area contributed by atoms with E-state index < -0.39 is 0 Å². The van der Waals surface area contributed by atoms with Crippen LogP contribution in [0.25, 0.3) is 0 Å². The van der Waals surface area contributed by atoms with E-state index in [0.29, 0.717) is 6.04 Å². The summed E-state index contributed by atoms with van der Waals surface area (Å²) in [5.74, 6) is 3.75. The van der Waals surface area contributed by atoms with Gasteiger partial charge in [0.25, 0.3) is 0 Å². The highest BCUT2D eigenvalue weighted by molar-refractivity contribution is 5.54. The van der Waals surface area contributed by atoms with Crippen molar-refractivity contribution in [3.05, 3.63) is 23.8 Å². The Balaban J connectivity index is 1.44. The van der Waals surface area contributed by atoms with Crippen molar-refractivity contribution in [3.63, 3.8) is 0 Å². The van der Waals surface area contributed by atoms with Gasteiger partial charge in [0.2, 0.25) is 0 Å². The van der Waals surface area contributed by atoms with Gasteiger partial charge in [0, 0.05) is 6.04 Å². The van der Waals surface area contributed by atoms with Gasteiger partial charge in [-0.05, 0) is 81.0 Å². The number of nitrogens with one attached hydrogen (secondary N) is 1. The Morgan fingerprint density at radius 2 is 2.17 bits per heavy atom. The number of nitrogens with two attached hydrogens (primary N) is 1. The van der Waals surface area contributed by atoms with Gasteiger partial charge < -0.3 is 15.8 Å². The molecule has 2 bridgehead atoms. The normalized spacial score (nSPS) is 27.3. The highest BCUT2D eigenvalue weighted by Crippen LogP contribution is 2.49. The molecule has 128 valence electrons. The molecule has 2 fully saturated rings. The molecule has 0 radical (unpaired) electrons. The Labute approximate surface area is 141 Å². The Kier molecular flexibility index (Phi) is 5.47. The van der Waals surface area contributed by atoms with E-state index in [1.807, 2.05) is 6.07 Å². The second-order valence-corrected chi connectivity index (χ2v) is 7.55. The number of nitrogen functional groups attached to an aromatic ring is 1. The minimum atomic E-state index is 0.648. The molecule has 4 unspecified atom stereocenters. The van der Waals surface area contributed by atoms with Crippen molar-refractivity contribution in [2.75, 3.05) is 18.9 Å². The predicted octanol–water partition coefficient (Wildman–Crippen LogP) is 4.01. The van der Waals surface area contributed by atoms with Crippen LogP contribution in [0.5, 0.6) is 5.75 Å². The summed E-state index contributed by atoms with van der Waals surface area (Å²) in [4.78, 5) is 0. The quantitative estimate of drug-likeness (QED) is 0.712. The van der Waals surface area contributed by atoms with Crippen LogP contribution in [0.15, 0.2) is 18.2 Å². The van der Waals surface area contributed by atoms with Gasteiger partial charge in [-0.3, -0.25) is 0 Å². The first-order valence-corrected chi connectivity index (χ1v) is 9.42. The fourth-order valence-electron chi connectivity index (χ4n) is 4.60. The van der Waals surface area contributed by atoms with E-state index in [2.05, 4.69) is 31.3 Å². The SMILES string of the molecule is CCCOc1ccc(CCNC(C)C2CC3CCC2C3)cc1N. The van der Waals surface area contributed by atoms with E-state index in [1.54, 1.807) is 0 Å². The summed E-state index contributed by atoms with van der Waals surface area (Å²) in [5.41, 5.74) is 8.14. The molecule has 2 saturated carbocycles. The molecule has 1 aromatic rings. The summed E-state index contributed by atoms with van der Waals surface area (Å²) >= 11 is 0. The molecule has 3 heteroatoms. The number of rotatable bonds is 8. The average Bonchev–Trinajstić information content (AvgIpc) is 3.17. The number of hydrogen-bond donors (Lipinski definition) is 2. The Morgan fingerprint density at radius 1 is 1.30 bits per heavy atom. The third kappa shape index (κ3) is 4.00. The van der Waals surface area contributed by atoms with E-state index in [0.717, 1.165) is 55.2 Å². The Morgan fingerprint density at radius 3 is 2.83 bits per heavy atom. The minimum Gasteiger partial charge on any atom is -0.491 e. The number of ether oxygens (including phenoxy) is 1. The van der Waals surface area contributed by atoms with Crippen LogP contribution in [0.3, 0.4) is 0 Å². The molecule has 2 aliphatic carbocycles. The van der Waals surface area contributed by atoms with Crippen LogP contribution >= 0.6 is 0 Å². The Bertz CT molecular complexity index is 516. The maximum atomic E-state index is 6.09. The maximum Gasteiger partial charge on any atom is 0.142 e. The van der Waals surface area contributed by atoms with Crippen molar-refractivity contribution >= 4 is 5.69 Å². The standard InChI is InChI=1S/C20H32N2O/c1-3-10-23-20-7-5-15(13-19(20)21)8-9-22-14(2)18-12-16-4-6-17(18)11-16/h5,7,13-14,16-18,22H,3-4,6,8-12,21H2,1-2H3. The topological polar surface area (TPSA) is 47.3 Å². The molecular formula is C20H32N2O. The highest BCUT2D eigenvalue weighted by Gasteiger charge is 2.41. The smallest absolute Gasteiger partial charge is 0.142 e. The zero-order valence-electron chi connectivity index (χ0n) is 14.7. The molecule has 3 rings (SSSR count). The summed E-state index contributed by atoms with van der Waals surface area (Å²) in [6, 6.07) is 6.87. The van der Waals surface area contributed by atoms with E-state index in [1.165, 1.54) is 31.2 Å². The lowest BCUT2D eigenvalue weighted by Gasteiger charge is -2.28. The van der Waals surface area contributed by atoms with Crippen molar-refractivity contribution in [1.29, 1.82) is 0 Å². The molecule has 0 aliphatic heterocycles. The molecular weight excluding hydrogens is 284 g/mol. The van der Waals surface area contributed by atoms with Crippen LogP contribution in [-0.4, -0.2) is 19.2 Å². The van der Waals surface area contributed by atoms with Gasteiger partial charge in [0.05, 0.1) is 12.3 Å². The maximum absolute atomic E-state index is 6.09. The number of benzene rings is 1. The first-order valence-electron chi connectivity index (χ1n) is 9.42. The van der Waals surface area contributed by atoms with Crippen molar-refractivity contribution in [1.82, 2.24) is 5.32 Å². The molecule has 2 aliphatic rings. The number of anilines is 1. The second-order valence-electron chi connectivity index (χ2n) is 7.55. The van der Waals surface area contributed by atoms with Crippen LogP contribution in [0, 0.1) is 17.8 Å². The van der Waals surface area contributed by atoms with E-state index in [9.17, 15) is 0 Å². The van der Waals surface area contributed by atoms with Crippen LogP contribution < -0.4 is 15.8 Å². The number of hydrogen-bond acceptors (Lipinski definition) is 3. The van der Waals surface area contributed by atoms with E-state index in [4.69, 9.17) is 10.5 Å². The van der Waals surface area contributed by atoms with E-state index >= 15 is 0 Å². The van der Waals surface area contributed by atoms with Gasteiger partial charge in [-0.15, -0.1) is 0 Å². The van der Waals surface area contributed by atoms with Crippen molar-refractivity contribution in [2.45, 2.75) is 58.4 Å². The third-order valence-electron chi connectivity index (χ3n) is 5.85. The molecule has 0 aromatic heterocycles. The summed E-state index contributed by atoms with van der Waals surface area (Å²) in [6.45, 7) is 6.24. The monoisotopic (exact) mass is 316 g/mol. The number of fused-ring (bicyclic) bond motifs is 2. The second kappa shape index (κ2) is 7.57. The predicted molar refractivity (Wildman–Crippen MR) is 96.7 cm³/mol. The average molecular weight is 316 g/mol. The first-order chi connectivity index (χ1) is 11.2. The zero-order chi connectivity index (χ0) is 16.2. The summed E-state index contributed by atoms with van der Waals surface area (Å²) in [7, 11) is 0. The fourth-order valence-corrected chi connectivity index (χ4v) is 4.60. The summed E-state index contributed by atoms with van der Waals surface area (Å²) < 4.78 is 5.64. The molecule has 0 saturated heterocycles. The van der Waals surface area contributed by atoms with Crippen molar-refractivity contribution in [3.8, 4) is 5.75 Å². The van der Waals surface area contributed by atoms with Crippen LogP contribution in [0.1, 0.15) is 51.5 Å². The van der Waals surface area contributed by atoms with Gasteiger partial charge in [-0.1, -0.05) is 19.4 Å². The molecule has 0 spiro atoms. The molecule has 0 amide bonds. The van der Waals surface area contributed by atoms with Gasteiger partial charge >= 0.3 is 0 Å². The Hall–Kier alpha value is -1.22. The van der Waals surface area contributed by atoms with Gasteiger partial charge in [-0.2, -0.15) is 0 Å². The molecule has 3 N–H and O–H groups in total. The van der Waals surface area contributed by atoms with Crippen molar-refractivity contribution in [2.24, 2.45) is 17.8 Å². The molecule has 23 heavy (non-hydrogen) atoms. The largest absolute Gasteiger partial charge is 0.491 e. The fraction of sp³-hybridized carbons (Fsp3) is 0.700. The lowest BCUT2D eigenvalue weighted by atomic mass is 9.84. The van der Waals surface area contributed by atoms with Crippen molar-refractivity contribution < 1.29 is 4.74 Å².